The minimum Gasteiger partial charge on any atom is -0.306 e. The van der Waals surface area contributed by atoms with Gasteiger partial charge in [-0.15, -0.1) is 0 Å². The highest BCUT2D eigenvalue weighted by Crippen LogP contribution is 2.55. The number of anilines is 13. The zero-order valence-electron chi connectivity index (χ0n) is 35.2. The summed E-state index contributed by atoms with van der Waals surface area (Å²) in [5.74, 6) is 0.893. The van der Waals surface area contributed by atoms with Gasteiger partial charge in [-0.25, -0.2) is 0 Å². The third kappa shape index (κ3) is 6.08. The predicted octanol–water partition coefficient (Wildman–Crippen LogP) is 15.0. The topological polar surface area (TPSA) is 31.8 Å². The van der Waals surface area contributed by atoms with E-state index in [9.17, 15) is 0 Å². The van der Waals surface area contributed by atoms with Crippen molar-refractivity contribution in [3.8, 4) is 0 Å². The number of amidine groups is 1. The molecule has 12 rings (SSSR count). The van der Waals surface area contributed by atoms with Gasteiger partial charge in [0.2, 0.25) is 0 Å². The second kappa shape index (κ2) is 15.4. The van der Waals surface area contributed by atoms with Crippen molar-refractivity contribution in [3.63, 3.8) is 0 Å². The van der Waals surface area contributed by atoms with Gasteiger partial charge in [0.25, 0.3) is 0 Å². The van der Waals surface area contributed by atoms with E-state index in [1.165, 1.54) is 0 Å². The van der Waals surface area contributed by atoms with Gasteiger partial charge in [0.05, 0.1) is 45.5 Å². The number of nitrogens with zero attached hydrogens (tertiary/aromatic N) is 7. The normalized spacial score (nSPS) is 15.0. The van der Waals surface area contributed by atoms with Crippen LogP contribution in [0.1, 0.15) is 17.3 Å². The first-order valence-corrected chi connectivity index (χ1v) is 21.7. The molecule has 0 fully saturated rings. The predicted molar refractivity (Wildman–Crippen MR) is 265 cm³/mol. The SMILES string of the molecule is CN1N=C(c2ccc(N3c4ccccc4N(c4ccccc4)c4ccccc43)cc2)N(c2ccccc2)C1c1ccc(N2c3ccccc3N(c3ccccc3)c3ccccc32)cc1. The highest BCUT2D eigenvalue weighted by molar-refractivity contribution is 6.12. The molecule has 0 saturated carbocycles. The standard InChI is InChI=1S/C57H43N7/c1-59-57(42-35-39-47(40-36-42)63-54-31-17-13-27-50(54)61(44-21-7-3-8-22-44)51-28-14-18-32-55(51)63)64(45-23-9-4-10-24-45)56(58-59)41-33-37-46(38-34-41)62-52-29-15-11-25-48(52)60(43-19-5-2-6-20-43)49-26-12-16-30-53(49)62/h2-40,57H,1H3. The van der Waals surface area contributed by atoms with E-state index in [0.717, 1.165) is 90.9 Å². The molecule has 7 heteroatoms. The Labute approximate surface area is 373 Å². The zero-order valence-corrected chi connectivity index (χ0v) is 35.2. The van der Waals surface area contributed by atoms with Crippen molar-refractivity contribution in [2.24, 2.45) is 5.10 Å². The lowest BCUT2D eigenvalue weighted by molar-refractivity contribution is 0.290. The van der Waals surface area contributed by atoms with Crippen molar-refractivity contribution in [1.82, 2.24) is 5.01 Å². The van der Waals surface area contributed by atoms with E-state index in [-0.39, 0.29) is 6.17 Å². The molecule has 1 unspecified atom stereocenters. The fraction of sp³-hybridized carbons (Fsp3) is 0.0351. The van der Waals surface area contributed by atoms with E-state index in [2.05, 4.69) is 273 Å². The van der Waals surface area contributed by atoms with Gasteiger partial charge in [-0.3, -0.25) is 9.91 Å². The minimum absolute atomic E-state index is 0.176. The van der Waals surface area contributed by atoms with Gasteiger partial charge in [-0.2, -0.15) is 5.10 Å². The van der Waals surface area contributed by atoms with Crippen molar-refractivity contribution in [2.75, 3.05) is 31.5 Å². The first kappa shape index (κ1) is 37.2. The maximum atomic E-state index is 5.28. The van der Waals surface area contributed by atoms with Crippen LogP contribution in [0, 0.1) is 0 Å². The van der Waals surface area contributed by atoms with Gasteiger partial charge in [0, 0.05) is 41.0 Å². The average Bonchev–Trinajstić information content (AvgIpc) is 3.72. The van der Waals surface area contributed by atoms with E-state index < -0.39 is 0 Å². The van der Waals surface area contributed by atoms with Crippen molar-refractivity contribution < 1.29 is 0 Å². The molecule has 0 aliphatic carbocycles. The van der Waals surface area contributed by atoms with Crippen LogP contribution in [0.5, 0.6) is 0 Å². The molecule has 0 bridgehead atoms. The first-order chi connectivity index (χ1) is 31.7. The Kier molecular flexibility index (Phi) is 8.97. The van der Waals surface area contributed by atoms with Crippen LogP contribution in [-0.4, -0.2) is 17.9 Å². The summed E-state index contributed by atoms with van der Waals surface area (Å²) >= 11 is 0. The Hall–Kier alpha value is -8.55. The number of rotatable bonds is 7. The molecule has 0 amide bonds. The molecule has 306 valence electrons. The first-order valence-electron chi connectivity index (χ1n) is 21.7. The largest absolute Gasteiger partial charge is 0.306 e. The smallest absolute Gasteiger partial charge is 0.162 e. The van der Waals surface area contributed by atoms with Gasteiger partial charge in [0.1, 0.15) is 6.17 Å². The number of benzene rings is 9. The maximum Gasteiger partial charge on any atom is 0.162 e. The molecule has 1 atom stereocenters. The molecule has 7 nitrogen and oxygen atoms in total. The van der Waals surface area contributed by atoms with Crippen LogP contribution in [-0.2, 0) is 0 Å². The highest BCUT2D eigenvalue weighted by Gasteiger charge is 2.37. The maximum absolute atomic E-state index is 5.28. The van der Waals surface area contributed by atoms with Crippen LogP contribution in [0.2, 0.25) is 0 Å². The summed E-state index contributed by atoms with van der Waals surface area (Å²) in [4.78, 5) is 11.8. The second-order valence-corrected chi connectivity index (χ2v) is 16.2. The van der Waals surface area contributed by atoms with Crippen LogP contribution in [0.15, 0.2) is 242 Å². The zero-order chi connectivity index (χ0) is 42.6. The summed E-state index contributed by atoms with van der Waals surface area (Å²) in [7, 11) is 2.07. The number of hydrogen-bond acceptors (Lipinski definition) is 7. The molecule has 3 aliphatic rings. The Bertz CT molecular complexity index is 3060. The van der Waals surface area contributed by atoms with Gasteiger partial charge < -0.3 is 19.6 Å². The monoisotopic (exact) mass is 825 g/mol. The fourth-order valence-corrected chi connectivity index (χ4v) is 9.66. The molecule has 9 aromatic carbocycles. The Morgan fingerprint density at radius 2 is 0.578 bits per heavy atom. The number of hydrogen-bond donors (Lipinski definition) is 0. The molecule has 0 spiro atoms. The van der Waals surface area contributed by atoms with E-state index in [1.807, 2.05) is 0 Å². The lowest BCUT2D eigenvalue weighted by atomic mass is 10.0. The summed E-state index contributed by atoms with van der Waals surface area (Å²) in [6, 6.07) is 84.3. The molecule has 3 aliphatic heterocycles. The van der Waals surface area contributed by atoms with E-state index >= 15 is 0 Å². The van der Waals surface area contributed by atoms with Gasteiger partial charge in [-0.05, 0) is 127 Å². The van der Waals surface area contributed by atoms with Gasteiger partial charge in [-0.1, -0.05) is 115 Å². The molecule has 0 aromatic heterocycles. The minimum atomic E-state index is -0.176. The fourth-order valence-electron chi connectivity index (χ4n) is 9.66. The third-order valence-corrected chi connectivity index (χ3v) is 12.4. The van der Waals surface area contributed by atoms with Crippen molar-refractivity contribution in [1.29, 1.82) is 0 Å². The Morgan fingerprint density at radius 3 is 0.922 bits per heavy atom. The van der Waals surface area contributed by atoms with E-state index in [4.69, 9.17) is 5.10 Å². The number of fused-ring (bicyclic) bond motifs is 4. The summed E-state index contributed by atoms with van der Waals surface area (Å²) in [5, 5.41) is 7.37. The molecule has 0 saturated heterocycles. The molecular weight excluding hydrogens is 783 g/mol. The van der Waals surface area contributed by atoms with Crippen LogP contribution >= 0.6 is 0 Å². The van der Waals surface area contributed by atoms with Crippen molar-refractivity contribution in [3.05, 3.63) is 248 Å². The number of hydrazone groups is 1. The molecule has 9 aromatic rings. The Morgan fingerprint density at radius 1 is 0.297 bits per heavy atom. The molecular formula is C57H43N7. The van der Waals surface area contributed by atoms with E-state index in [1.54, 1.807) is 0 Å². The summed E-state index contributed by atoms with van der Waals surface area (Å²) in [6.07, 6.45) is -0.176. The quantitative estimate of drug-likeness (QED) is 0.159. The second-order valence-electron chi connectivity index (χ2n) is 16.2. The molecule has 0 radical (unpaired) electrons. The number of para-hydroxylation sites is 11. The molecule has 0 N–H and O–H groups in total. The van der Waals surface area contributed by atoms with Crippen LogP contribution in [0.4, 0.5) is 73.9 Å². The van der Waals surface area contributed by atoms with E-state index in [0.29, 0.717) is 0 Å². The van der Waals surface area contributed by atoms with Crippen LogP contribution < -0.4 is 24.5 Å². The Balaban J connectivity index is 0.890. The van der Waals surface area contributed by atoms with Crippen LogP contribution in [0.3, 0.4) is 0 Å². The molecule has 3 heterocycles. The summed E-state index contributed by atoms with van der Waals surface area (Å²) < 4.78 is 0. The lowest BCUT2D eigenvalue weighted by Crippen LogP contribution is -2.34. The molecule has 64 heavy (non-hydrogen) atoms. The lowest BCUT2D eigenvalue weighted by Gasteiger charge is -2.40. The van der Waals surface area contributed by atoms with Crippen molar-refractivity contribution >= 4 is 79.8 Å². The summed E-state index contributed by atoms with van der Waals surface area (Å²) in [5.41, 5.74) is 16.7. The van der Waals surface area contributed by atoms with Gasteiger partial charge >= 0.3 is 0 Å². The average molecular weight is 826 g/mol. The van der Waals surface area contributed by atoms with Gasteiger partial charge in [0.15, 0.2) is 5.84 Å². The van der Waals surface area contributed by atoms with Crippen molar-refractivity contribution in [2.45, 2.75) is 6.17 Å². The summed E-state index contributed by atoms with van der Waals surface area (Å²) in [6.45, 7) is 0. The van der Waals surface area contributed by atoms with Crippen LogP contribution in [0.25, 0.3) is 0 Å². The highest BCUT2D eigenvalue weighted by atomic mass is 15.6. The third-order valence-electron chi connectivity index (χ3n) is 12.4.